The van der Waals surface area contributed by atoms with Crippen LogP contribution in [0.4, 0.5) is 5.69 Å². The topological polar surface area (TPSA) is 116 Å². The number of aliphatic hydroxyl groups excluding tert-OH is 1. The van der Waals surface area contributed by atoms with Crippen molar-refractivity contribution in [2.24, 2.45) is 0 Å². The number of nitro groups is 1. The van der Waals surface area contributed by atoms with Crippen LogP contribution in [-0.2, 0) is 14.3 Å². The van der Waals surface area contributed by atoms with Gasteiger partial charge in [-0.15, -0.1) is 0 Å². The van der Waals surface area contributed by atoms with Gasteiger partial charge in [0, 0.05) is 24.1 Å². The maximum absolute atomic E-state index is 12.2. The maximum atomic E-state index is 12.2. The van der Waals surface area contributed by atoms with Gasteiger partial charge in [0.05, 0.1) is 17.1 Å². The van der Waals surface area contributed by atoms with Gasteiger partial charge in [-0.25, -0.2) is 9.59 Å². The Balaban J connectivity index is 1.68. The summed E-state index contributed by atoms with van der Waals surface area (Å²) >= 11 is 0. The molecule has 1 aliphatic rings. The quantitative estimate of drug-likeness (QED) is 0.353. The van der Waals surface area contributed by atoms with Crippen LogP contribution in [-0.4, -0.2) is 40.8 Å². The molecular weight excluding hydrogens is 366 g/mol. The number of hydrogen-bond acceptors (Lipinski definition) is 7. The van der Waals surface area contributed by atoms with Crippen LogP contribution in [0.3, 0.4) is 0 Å². The van der Waals surface area contributed by atoms with Crippen LogP contribution < -0.4 is 0 Å². The minimum atomic E-state index is -1.35. The number of nitro benzene ring substituents is 1. The Hall–Kier alpha value is -3.52. The Bertz CT molecular complexity index is 921. The Morgan fingerprint density at radius 1 is 1.21 bits per heavy atom. The fourth-order valence-electron chi connectivity index (χ4n) is 2.79. The highest BCUT2D eigenvalue weighted by molar-refractivity contribution is 5.96. The monoisotopic (exact) mass is 383 g/mol. The molecule has 1 aliphatic heterocycles. The third kappa shape index (κ3) is 4.24. The van der Waals surface area contributed by atoms with E-state index in [1.165, 1.54) is 24.3 Å². The van der Waals surface area contributed by atoms with Gasteiger partial charge >= 0.3 is 11.9 Å². The van der Waals surface area contributed by atoms with Crippen LogP contribution in [0.15, 0.2) is 60.2 Å². The molecule has 1 unspecified atom stereocenters. The van der Waals surface area contributed by atoms with Gasteiger partial charge in [0.15, 0.2) is 5.60 Å². The first-order valence-electron chi connectivity index (χ1n) is 8.44. The largest absolute Gasteiger partial charge is 0.458 e. The average Bonchev–Trinajstić information content (AvgIpc) is 3.03. The summed E-state index contributed by atoms with van der Waals surface area (Å²) in [5.41, 5.74) is -0.210. The van der Waals surface area contributed by atoms with E-state index in [1.807, 2.05) is 30.3 Å². The lowest BCUT2D eigenvalue weighted by Crippen LogP contribution is -2.39. The van der Waals surface area contributed by atoms with E-state index in [1.54, 1.807) is 6.08 Å². The smallest absolute Gasteiger partial charge is 0.338 e. The van der Waals surface area contributed by atoms with E-state index in [0.717, 1.165) is 5.56 Å². The zero-order chi connectivity index (χ0) is 20.1. The van der Waals surface area contributed by atoms with Crippen LogP contribution in [0.1, 0.15) is 22.3 Å². The summed E-state index contributed by atoms with van der Waals surface area (Å²) < 4.78 is 10.5. The van der Waals surface area contributed by atoms with Gasteiger partial charge in [0.25, 0.3) is 5.69 Å². The zero-order valence-corrected chi connectivity index (χ0v) is 14.7. The highest BCUT2D eigenvalue weighted by atomic mass is 16.6. The standard InChI is InChI=1S/C20H17NO7/c22-12-20(11-16(19(24)28-20)10-14-4-2-1-3-5-14)13-27-18(23)15-6-8-17(9-7-15)21(25)26/h1-10,22H,11-13H2/b16-10+. The molecule has 2 aromatic rings. The molecule has 144 valence electrons. The highest BCUT2D eigenvalue weighted by Gasteiger charge is 2.44. The fourth-order valence-corrected chi connectivity index (χ4v) is 2.79. The number of esters is 2. The lowest BCUT2D eigenvalue weighted by molar-refractivity contribution is -0.384. The summed E-state index contributed by atoms with van der Waals surface area (Å²) in [6.07, 6.45) is 1.75. The molecule has 0 saturated carbocycles. The maximum Gasteiger partial charge on any atom is 0.338 e. The average molecular weight is 383 g/mol. The molecule has 1 fully saturated rings. The molecule has 0 bridgehead atoms. The molecule has 3 rings (SSSR count). The van der Waals surface area contributed by atoms with E-state index < -0.39 is 29.1 Å². The number of benzene rings is 2. The van der Waals surface area contributed by atoms with E-state index in [-0.39, 0.29) is 24.3 Å². The number of rotatable bonds is 6. The molecule has 1 saturated heterocycles. The normalized spacial score (nSPS) is 20.0. The SMILES string of the molecule is O=C1OC(CO)(COC(=O)c2ccc([N+](=O)[O-])cc2)C/C1=C\c1ccccc1. The molecule has 28 heavy (non-hydrogen) atoms. The summed E-state index contributed by atoms with van der Waals surface area (Å²) in [6.45, 7) is -0.852. The van der Waals surface area contributed by atoms with Crippen molar-refractivity contribution in [3.8, 4) is 0 Å². The first-order chi connectivity index (χ1) is 13.4. The third-order valence-corrected chi connectivity index (χ3v) is 4.29. The molecule has 0 amide bonds. The van der Waals surface area contributed by atoms with E-state index in [4.69, 9.17) is 9.47 Å². The van der Waals surface area contributed by atoms with Crippen LogP contribution in [0.5, 0.6) is 0 Å². The second-order valence-corrected chi connectivity index (χ2v) is 6.37. The molecule has 0 aromatic heterocycles. The Morgan fingerprint density at radius 2 is 1.89 bits per heavy atom. The summed E-state index contributed by atoms with van der Waals surface area (Å²) in [6, 6.07) is 14.1. The minimum Gasteiger partial charge on any atom is -0.458 e. The van der Waals surface area contributed by atoms with Crippen molar-refractivity contribution in [3.63, 3.8) is 0 Å². The first kappa shape index (κ1) is 19.2. The highest BCUT2D eigenvalue weighted by Crippen LogP contribution is 2.32. The lowest BCUT2D eigenvalue weighted by Gasteiger charge is -2.24. The van der Waals surface area contributed by atoms with Gasteiger partial charge in [0.1, 0.15) is 6.61 Å². The molecule has 2 aromatic carbocycles. The first-order valence-corrected chi connectivity index (χ1v) is 8.44. The number of ether oxygens (including phenoxy) is 2. The third-order valence-electron chi connectivity index (χ3n) is 4.29. The van der Waals surface area contributed by atoms with Crippen molar-refractivity contribution in [2.75, 3.05) is 13.2 Å². The molecule has 8 nitrogen and oxygen atoms in total. The second kappa shape index (κ2) is 8.01. The predicted molar refractivity (Wildman–Crippen MR) is 98.3 cm³/mol. The molecule has 0 spiro atoms. The lowest BCUT2D eigenvalue weighted by atomic mass is 9.98. The number of nitrogens with zero attached hydrogens (tertiary/aromatic N) is 1. The van der Waals surface area contributed by atoms with Crippen LogP contribution in [0.2, 0.25) is 0 Å². The second-order valence-electron chi connectivity index (χ2n) is 6.37. The molecule has 1 N–H and O–H groups in total. The van der Waals surface area contributed by atoms with E-state index >= 15 is 0 Å². The van der Waals surface area contributed by atoms with Crippen LogP contribution >= 0.6 is 0 Å². The summed E-state index contributed by atoms with van der Waals surface area (Å²) in [5.74, 6) is -1.32. The number of cyclic esters (lactones) is 1. The number of hydrogen-bond donors (Lipinski definition) is 1. The van der Waals surface area contributed by atoms with Crippen molar-refractivity contribution in [1.29, 1.82) is 0 Å². The van der Waals surface area contributed by atoms with E-state index in [9.17, 15) is 24.8 Å². The number of carbonyl (C=O) groups is 2. The van der Waals surface area contributed by atoms with Gasteiger partial charge in [-0.3, -0.25) is 10.1 Å². The molecule has 0 aliphatic carbocycles. The van der Waals surface area contributed by atoms with Crippen molar-refractivity contribution in [1.82, 2.24) is 0 Å². The number of aliphatic hydroxyl groups is 1. The Morgan fingerprint density at radius 3 is 2.50 bits per heavy atom. The van der Waals surface area contributed by atoms with Gasteiger partial charge in [0.2, 0.25) is 0 Å². The molecule has 1 atom stereocenters. The van der Waals surface area contributed by atoms with Crippen molar-refractivity contribution in [3.05, 3.63) is 81.4 Å². The van der Waals surface area contributed by atoms with Gasteiger partial charge < -0.3 is 14.6 Å². The van der Waals surface area contributed by atoms with Crippen molar-refractivity contribution < 1.29 is 29.1 Å². The molecule has 8 heteroatoms. The van der Waals surface area contributed by atoms with Gasteiger partial charge in [-0.05, 0) is 23.8 Å². The van der Waals surface area contributed by atoms with Crippen LogP contribution in [0, 0.1) is 10.1 Å². The molecular formula is C20H17NO7. The van der Waals surface area contributed by atoms with Gasteiger partial charge in [-0.1, -0.05) is 30.3 Å². The van der Waals surface area contributed by atoms with Crippen molar-refractivity contribution in [2.45, 2.75) is 12.0 Å². The zero-order valence-electron chi connectivity index (χ0n) is 14.7. The van der Waals surface area contributed by atoms with Crippen molar-refractivity contribution >= 4 is 23.7 Å². The van der Waals surface area contributed by atoms with E-state index in [0.29, 0.717) is 5.57 Å². The predicted octanol–water partition coefficient (Wildman–Crippen LogP) is 2.51. The fraction of sp³-hybridized carbons (Fsp3) is 0.200. The summed E-state index contributed by atoms with van der Waals surface area (Å²) in [4.78, 5) is 34.4. The molecule has 0 radical (unpaired) electrons. The number of non-ortho nitro benzene ring substituents is 1. The molecule has 1 heterocycles. The summed E-state index contributed by atoms with van der Waals surface area (Å²) in [7, 11) is 0. The van der Waals surface area contributed by atoms with Gasteiger partial charge in [-0.2, -0.15) is 0 Å². The van der Waals surface area contributed by atoms with E-state index in [2.05, 4.69) is 0 Å². The van der Waals surface area contributed by atoms with Crippen LogP contribution in [0.25, 0.3) is 6.08 Å². The Kier molecular flexibility index (Phi) is 5.51. The summed E-state index contributed by atoms with van der Waals surface area (Å²) in [5, 5.41) is 20.4. The number of carbonyl (C=O) groups excluding carboxylic acids is 2. The Labute approximate surface area is 160 Å². The minimum absolute atomic E-state index is 0.0881.